The Hall–Kier alpha value is -2.67. The van der Waals surface area contributed by atoms with Crippen LogP contribution >= 0.6 is 11.7 Å². The Morgan fingerprint density at radius 2 is 2.17 bits per heavy atom. The zero-order valence-electron chi connectivity index (χ0n) is 12.2. The maximum absolute atomic E-state index is 12.1. The van der Waals surface area contributed by atoms with E-state index in [9.17, 15) is 9.90 Å². The SMILES string of the molecule is COc1ccc([C@@H]2CC(=O)Nc3ccc4nsnc4c32)cc1O. The molecule has 0 bridgehead atoms. The predicted molar refractivity (Wildman–Crippen MR) is 87.2 cm³/mol. The lowest BCUT2D eigenvalue weighted by atomic mass is 9.84. The molecule has 7 heteroatoms. The van der Waals surface area contributed by atoms with Gasteiger partial charge >= 0.3 is 0 Å². The number of carbonyl (C=O) groups is 1. The van der Waals surface area contributed by atoms with Crippen molar-refractivity contribution in [2.75, 3.05) is 12.4 Å². The Bertz CT molecular complexity index is 922. The Labute approximate surface area is 136 Å². The molecule has 0 unspecified atom stereocenters. The van der Waals surface area contributed by atoms with Crippen molar-refractivity contribution < 1.29 is 14.6 Å². The van der Waals surface area contributed by atoms with Crippen molar-refractivity contribution >= 4 is 34.4 Å². The zero-order valence-corrected chi connectivity index (χ0v) is 13.1. The van der Waals surface area contributed by atoms with E-state index in [-0.39, 0.29) is 17.6 Å². The minimum absolute atomic E-state index is 0.0552. The summed E-state index contributed by atoms with van der Waals surface area (Å²) < 4.78 is 13.7. The van der Waals surface area contributed by atoms with Gasteiger partial charge in [0.15, 0.2) is 11.5 Å². The second kappa shape index (κ2) is 5.20. The highest BCUT2D eigenvalue weighted by Gasteiger charge is 2.30. The first-order chi connectivity index (χ1) is 11.2. The third-order valence-electron chi connectivity index (χ3n) is 4.08. The molecule has 1 aliphatic heterocycles. The van der Waals surface area contributed by atoms with Crippen molar-refractivity contribution in [2.24, 2.45) is 0 Å². The second-order valence-corrected chi connectivity index (χ2v) is 5.92. The van der Waals surface area contributed by atoms with Gasteiger partial charge in [0.25, 0.3) is 0 Å². The number of aromatic nitrogens is 2. The summed E-state index contributed by atoms with van der Waals surface area (Å²) in [6, 6.07) is 8.92. The Morgan fingerprint density at radius 1 is 1.30 bits per heavy atom. The van der Waals surface area contributed by atoms with Crippen molar-refractivity contribution in [1.82, 2.24) is 8.75 Å². The molecular formula is C16H13N3O3S. The molecule has 0 radical (unpaired) electrons. The first-order valence-corrected chi connectivity index (χ1v) is 7.82. The number of rotatable bonds is 2. The summed E-state index contributed by atoms with van der Waals surface area (Å²) in [5.41, 5.74) is 4.16. The van der Waals surface area contributed by atoms with Gasteiger partial charge in [0.2, 0.25) is 5.91 Å². The van der Waals surface area contributed by atoms with Crippen LogP contribution < -0.4 is 10.1 Å². The number of methoxy groups -OCH3 is 1. The van der Waals surface area contributed by atoms with E-state index in [1.807, 2.05) is 18.2 Å². The highest BCUT2D eigenvalue weighted by Crippen LogP contribution is 2.42. The molecule has 1 amide bonds. The van der Waals surface area contributed by atoms with Gasteiger partial charge in [-0.05, 0) is 29.8 Å². The van der Waals surface area contributed by atoms with Gasteiger partial charge in [-0.1, -0.05) is 6.07 Å². The van der Waals surface area contributed by atoms with Gasteiger partial charge in [-0.2, -0.15) is 8.75 Å². The average molecular weight is 327 g/mol. The lowest BCUT2D eigenvalue weighted by Gasteiger charge is -2.26. The van der Waals surface area contributed by atoms with Crippen LogP contribution in [0.5, 0.6) is 11.5 Å². The molecule has 1 atom stereocenters. The topological polar surface area (TPSA) is 84.3 Å². The molecule has 0 spiro atoms. The van der Waals surface area contributed by atoms with Crippen molar-refractivity contribution in [2.45, 2.75) is 12.3 Å². The molecule has 2 heterocycles. The number of hydrogen-bond donors (Lipinski definition) is 2. The number of anilines is 1. The van der Waals surface area contributed by atoms with Gasteiger partial charge in [0, 0.05) is 23.6 Å². The second-order valence-electron chi connectivity index (χ2n) is 5.39. The van der Waals surface area contributed by atoms with E-state index in [1.54, 1.807) is 12.1 Å². The molecule has 0 aliphatic carbocycles. The number of ether oxygens (including phenoxy) is 1. The summed E-state index contributed by atoms with van der Waals surface area (Å²) in [5.74, 6) is 0.229. The summed E-state index contributed by atoms with van der Waals surface area (Å²) in [5, 5.41) is 12.9. The number of nitrogens with one attached hydrogen (secondary N) is 1. The Kier molecular flexibility index (Phi) is 3.16. The van der Waals surface area contributed by atoms with Gasteiger partial charge < -0.3 is 15.2 Å². The number of amides is 1. The normalized spacial score (nSPS) is 16.9. The molecular weight excluding hydrogens is 314 g/mol. The van der Waals surface area contributed by atoms with Crippen molar-refractivity contribution in [3.8, 4) is 11.5 Å². The average Bonchev–Trinajstić information content (AvgIpc) is 3.02. The van der Waals surface area contributed by atoms with Crippen LogP contribution in [-0.2, 0) is 4.79 Å². The zero-order chi connectivity index (χ0) is 16.0. The standard InChI is InChI=1S/C16H13N3O3S/c1-22-13-5-2-8(6-12(13)20)9-7-14(21)17-10-3-4-11-16(15(9)10)19-23-18-11/h2-6,9,20H,7H2,1H3,(H,17,21)/t9-/m0/s1. The number of phenolic OH excluding ortho intramolecular Hbond substituents is 1. The van der Waals surface area contributed by atoms with Crippen LogP contribution in [0.15, 0.2) is 30.3 Å². The molecule has 23 heavy (non-hydrogen) atoms. The Morgan fingerprint density at radius 3 is 2.96 bits per heavy atom. The molecule has 1 aromatic heterocycles. The molecule has 0 fully saturated rings. The van der Waals surface area contributed by atoms with E-state index < -0.39 is 0 Å². The number of phenols is 1. The summed E-state index contributed by atoms with van der Waals surface area (Å²) in [6.07, 6.45) is 0.301. The molecule has 2 N–H and O–H groups in total. The number of benzene rings is 2. The van der Waals surface area contributed by atoms with Crippen molar-refractivity contribution in [3.63, 3.8) is 0 Å². The van der Waals surface area contributed by atoms with Crippen LogP contribution in [0, 0.1) is 0 Å². The van der Waals surface area contributed by atoms with E-state index in [4.69, 9.17) is 4.74 Å². The van der Waals surface area contributed by atoms with Crippen LogP contribution in [0.25, 0.3) is 11.0 Å². The van der Waals surface area contributed by atoms with Crippen molar-refractivity contribution in [3.05, 3.63) is 41.5 Å². The molecule has 6 nitrogen and oxygen atoms in total. The molecule has 3 aromatic rings. The maximum atomic E-state index is 12.1. The number of nitrogens with zero attached hydrogens (tertiary/aromatic N) is 2. The van der Waals surface area contributed by atoms with E-state index >= 15 is 0 Å². The van der Waals surface area contributed by atoms with Crippen LogP contribution in [0.2, 0.25) is 0 Å². The van der Waals surface area contributed by atoms with Gasteiger partial charge in [-0.3, -0.25) is 4.79 Å². The summed E-state index contributed by atoms with van der Waals surface area (Å²) in [6.45, 7) is 0. The van der Waals surface area contributed by atoms with E-state index in [1.165, 1.54) is 7.11 Å². The van der Waals surface area contributed by atoms with Gasteiger partial charge in [0.1, 0.15) is 11.0 Å². The molecule has 4 rings (SSSR count). The fraction of sp³-hybridized carbons (Fsp3) is 0.188. The van der Waals surface area contributed by atoms with Crippen LogP contribution in [0.3, 0.4) is 0 Å². The van der Waals surface area contributed by atoms with Gasteiger partial charge in [0.05, 0.1) is 18.8 Å². The summed E-state index contributed by atoms with van der Waals surface area (Å²) in [7, 11) is 1.50. The fourth-order valence-corrected chi connectivity index (χ4v) is 3.58. The first kappa shape index (κ1) is 14.0. The minimum atomic E-state index is -0.178. The highest BCUT2D eigenvalue weighted by atomic mass is 32.1. The third kappa shape index (κ3) is 2.20. The fourth-order valence-electron chi connectivity index (χ4n) is 3.03. The minimum Gasteiger partial charge on any atom is -0.504 e. The first-order valence-electron chi connectivity index (χ1n) is 7.09. The largest absolute Gasteiger partial charge is 0.504 e. The van der Waals surface area contributed by atoms with Crippen molar-refractivity contribution in [1.29, 1.82) is 0 Å². The number of aromatic hydroxyl groups is 1. The highest BCUT2D eigenvalue weighted by molar-refractivity contribution is 7.00. The van der Waals surface area contributed by atoms with Crippen LogP contribution in [-0.4, -0.2) is 26.9 Å². The summed E-state index contributed by atoms with van der Waals surface area (Å²) in [4.78, 5) is 12.1. The monoisotopic (exact) mass is 327 g/mol. The smallest absolute Gasteiger partial charge is 0.225 e. The van der Waals surface area contributed by atoms with Gasteiger partial charge in [-0.15, -0.1) is 0 Å². The Balaban J connectivity index is 1.91. The lowest BCUT2D eigenvalue weighted by molar-refractivity contribution is -0.116. The maximum Gasteiger partial charge on any atom is 0.225 e. The predicted octanol–water partition coefficient (Wildman–Crippen LogP) is 2.88. The lowest BCUT2D eigenvalue weighted by Crippen LogP contribution is -2.23. The number of hydrogen-bond acceptors (Lipinski definition) is 6. The third-order valence-corrected chi connectivity index (χ3v) is 4.63. The number of carbonyl (C=O) groups excluding carboxylic acids is 1. The number of fused-ring (bicyclic) bond motifs is 3. The molecule has 2 aromatic carbocycles. The summed E-state index contributed by atoms with van der Waals surface area (Å²) >= 11 is 1.15. The van der Waals surface area contributed by atoms with Crippen LogP contribution in [0.1, 0.15) is 23.5 Å². The molecule has 0 saturated heterocycles. The van der Waals surface area contributed by atoms with Crippen LogP contribution in [0.4, 0.5) is 5.69 Å². The van der Waals surface area contributed by atoms with E-state index in [2.05, 4.69) is 14.1 Å². The van der Waals surface area contributed by atoms with E-state index in [0.717, 1.165) is 39.6 Å². The molecule has 1 aliphatic rings. The van der Waals surface area contributed by atoms with Gasteiger partial charge in [-0.25, -0.2) is 0 Å². The molecule has 116 valence electrons. The molecule has 0 saturated carbocycles. The van der Waals surface area contributed by atoms with E-state index in [0.29, 0.717) is 12.2 Å². The quantitative estimate of drug-likeness (QED) is 0.756.